The van der Waals surface area contributed by atoms with Crippen molar-refractivity contribution in [3.63, 3.8) is 0 Å². The van der Waals surface area contributed by atoms with Crippen LogP contribution in [0.3, 0.4) is 0 Å². The first-order valence-corrected chi connectivity index (χ1v) is 10.2. The molecular formula is C21H32O4. The molecule has 4 aliphatic carbocycles. The summed E-state index contributed by atoms with van der Waals surface area (Å²) in [5.41, 5.74) is -2.12. The van der Waals surface area contributed by atoms with Crippen molar-refractivity contribution in [2.75, 3.05) is 6.61 Å². The summed E-state index contributed by atoms with van der Waals surface area (Å²) in [6.07, 6.45) is 8.64. The van der Waals surface area contributed by atoms with Gasteiger partial charge in [-0.05, 0) is 61.7 Å². The summed E-state index contributed by atoms with van der Waals surface area (Å²) >= 11 is 0. The van der Waals surface area contributed by atoms with E-state index in [9.17, 15) is 19.8 Å². The highest BCUT2D eigenvalue weighted by atomic mass is 16.3. The molecule has 0 bridgehead atoms. The predicted octanol–water partition coefficient (Wildman–Crippen LogP) is 2.89. The Hall–Kier alpha value is -0.740. The van der Waals surface area contributed by atoms with Gasteiger partial charge in [-0.2, -0.15) is 0 Å². The van der Waals surface area contributed by atoms with Crippen LogP contribution in [0.4, 0.5) is 0 Å². The zero-order valence-electron chi connectivity index (χ0n) is 15.6. The van der Waals surface area contributed by atoms with E-state index in [1.54, 1.807) is 0 Å². The van der Waals surface area contributed by atoms with Crippen LogP contribution in [0.15, 0.2) is 0 Å². The molecule has 0 amide bonds. The van der Waals surface area contributed by atoms with Gasteiger partial charge >= 0.3 is 0 Å². The molecule has 0 aliphatic heterocycles. The minimum absolute atomic E-state index is 0.108. The third-order valence-corrected chi connectivity index (χ3v) is 9.03. The lowest BCUT2D eigenvalue weighted by atomic mass is 9.44. The number of aliphatic hydroxyl groups is 2. The Balaban J connectivity index is 1.72. The number of carbonyl (C=O) groups excluding carboxylic acids is 2. The summed E-state index contributed by atoms with van der Waals surface area (Å²) in [4.78, 5) is 25.7. The maximum atomic E-state index is 13.4. The molecule has 4 fully saturated rings. The number of fused-ring (bicyclic) bond motifs is 5. The summed E-state index contributed by atoms with van der Waals surface area (Å²) < 4.78 is 0. The van der Waals surface area contributed by atoms with Gasteiger partial charge in [0, 0.05) is 17.8 Å². The first-order valence-electron chi connectivity index (χ1n) is 10.2. The number of carbonyl (C=O) groups is 2. The Morgan fingerprint density at radius 3 is 2.60 bits per heavy atom. The Morgan fingerprint density at radius 1 is 1.12 bits per heavy atom. The molecule has 4 saturated carbocycles. The van der Waals surface area contributed by atoms with E-state index in [1.165, 1.54) is 25.7 Å². The number of hydrogen-bond donors (Lipinski definition) is 2. The van der Waals surface area contributed by atoms with Crippen LogP contribution in [0, 0.1) is 34.5 Å². The van der Waals surface area contributed by atoms with Gasteiger partial charge in [0.1, 0.15) is 18.0 Å². The summed E-state index contributed by atoms with van der Waals surface area (Å²) in [5.74, 6) is 1.05. The second kappa shape index (κ2) is 5.63. The highest BCUT2D eigenvalue weighted by Crippen LogP contribution is 2.67. The minimum atomic E-state index is -1.53. The van der Waals surface area contributed by atoms with Crippen LogP contribution in [-0.2, 0) is 9.59 Å². The van der Waals surface area contributed by atoms with E-state index >= 15 is 0 Å². The number of aliphatic hydroxyl groups excluding tert-OH is 1. The van der Waals surface area contributed by atoms with Gasteiger partial charge in [-0.15, -0.1) is 0 Å². The second-order valence-corrected chi connectivity index (χ2v) is 9.81. The second-order valence-electron chi connectivity index (χ2n) is 9.81. The van der Waals surface area contributed by atoms with Crippen molar-refractivity contribution in [1.82, 2.24) is 0 Å². The van der Waals surface area contributed by atoms with Crippen LogP contribution in [0.1, 0.15) is 71.6 Å². The zero-order valence-corrected chi connectivity index (χ0v) is 15.6. The summed E-state index contributed by atoms with van der Waals surface area (Å²) in [5, 5.41) is 20.5. The molecule has 0 aromatic heterocycles. The predicted molar refractivity (Wildman–Crippen MR) is 93.8 cm³/mol. The van der Waals surface area contributed by atoms with Crippen LogP contribution in [0.25, 0.3) is 0 Å². The normalized spacial score (nSPS) is 52.2. The summed E-state index contributed by atoms with van der Waals surface area (Å²) in [7, 11) is 0. The molecular weight excluding hydrogens is 316 g/mol. The molecule has 4 nitrogen and oxygen atoms in total. The largest absolute Gasteiger partial charge is 0.388 e. The highest BCUT2D eigenvalue weighted by Gasteiger charge is 2.68. The first kappa shape index (κ1) is 17.7. The molecule has 1 unspecified atom stereocenters. The average molecular weight is 348 g/mol. The quantitative estimate of drug-likeness (QED) is 0.805. The maximum absolute atomic E-state index is 13.4. The fourth-order valence-electron chi connectivity index (χ4n) is 7.70. The van der Waals surface area contributed by atoms with Gasteiger partial charge in [0.2, 0.25) is 0 Å². The molecule has 7 atom stereocenters. The van der Waals surface area contributed by atoms with Gasteiger partial charge in [-0.3, -0.25) is 9.59 Å². The zero-order chi connectivity index (χ0) is 18.0. The third kappa shape index (κ3) is 2.13. The number of hydrogen-bond acceptors (Lipinski definition) is 4. The number of Topliss-reactive ketones (excluding diaryl/α,β-unsaturated/α-hetero) is 2. The van der Waals surface area contributed by atoms with Gasteiger partial charge in [0.05, 0.1) is 0 Å². The van der Waals surface area contributed by atoms with E-state index in [2.05, 4.69) is 6.92 Å². The maximum Gasteiger partial charge on any atom is 0.190 e. The Morgan fingerprint density at radius 2 is 1.88 bits per heavy atom. The van der Waals surface area contributed by atoms with Gasteiger partial charge in [-0.1, -0.05) is 26.7 Å². The Labute approximate surface area is 150 Å². The Bertz CT molecular complexity index is 601. The molecule has 4 rings (SSSR count). The van der Waals surface area contributed by atoms with Crippen molar-refractivity contribution in [2.45, 2.75) is 77.2 Å². The van der Waals surface area contributed by atoms with Crippen LogP contribution in [0.2, 0.25) is 0 Å². The van der Waals surface area contributed by atoms with Crippen molar-refractivity contribution >= 4 is 11.6 Å². The van der Waals surface area contributed by atoms with Crippen LogP contribution in [-0.4, -0.2) is 34.0 Å². The van der Waals surface area contributed by atoms with Crippen LogP contribution >= 0.6 is 0 Å². The van der Waals surface area contributed by atoms with Gasteiger partial charge in [-0.25, -0.2) is 0 Å². The van der Waals surface area contributed by atoms with Crippen molar-refractivity contribution < 1.29 is 19.8 Å². The molecule has 25 heavy (non-hydrogen) atoms. The van der Waals surface area contributed by atoms with Gasteiger partial charge in [0.15, 0.2) is 5.78 Å². The standard InChI is InChI=1S/C21H32O4/c1-19-9-4-3-5-13(19)6-7-14-15-8-10-21(25,17(24)12-22)20(15,2)11-16(23)18(14)19/h13-15,18,22,25H,3-12H2,1-2H3/t13?,14-,15-,18+,19-,20-,21-/m0/s1. The van der Waals surface area contributed by atoms with E-state index in [0.717, 1.165) is 19.3 Å². The topological polar surface area (TPSA) is 74.6 Å². The summed E-state index contributed by atoms with van der Waals surface area (Å²) in [6.45, 7) is 3.64. The average Bonchev–Trinajstić information content (AvgIpc) is 2.85. The van der Waals surface area contributed by atoms with Crippen LogP contribution in [0.5, 0.6) is 0 Å². The molecule has 4 aliphatic rings. The first-order chi connectivity index (χ1) is 11.8. The molecule has 0 heterocycles. The highest BCUT2D eigenvalue weighted by molar-refractivity contribution is 5.92. The summed E-state index contributed by atoms with van der Waals surface area (Å²) in [6, 6.07) is 0. The van der Waals surface area contributed by atoms with Gasteiger partial charge < -0.3 is 10.2 Å². The number of rotatable bonds is 2. The monoisotopic (exact) mass is 348 g/mol. The SMILES string of the molecule is C[C@]12CCCCC1CC[C@@H]1[C@@H]2C(=O)C[C@@]2(C)[C@H]1CC[C@]2(O)C(=O)CO. The van der Waals surface area contributed by atoms with Crippen molar-refractivity contribution in [3.8, 4) is 0 Å². The van der Waals surface area contributed by atoms with Crippen LogP contribution < -0.4 is 0 Å². The molecule has 0 radical (unpaired) electrons. The molecule has 140 valence electrons. The van der Waals surface area contributed by atoms with E-state index < -0.39 is 23.4 Å². The lowest BCUT2D eigenvalue weighted by Gasteiger charge is -2.60. The number of ketones is 2. The molecule has 0 saturated heterocycles. The molecule has 0 aromatic carbocycles. The van der Waals surface area contributed by atoms with E-state index in [1.807, 2.05) is 6.92 Å². The van der Waals surface area contributed by atoms with Crippen molar-refractivity contribution in [3.05, 3.63) is 0 Å². The lowest BCUT2D eigenvalue weighted by Crippen LogP contribution is -2.61. The van der Waals surface area contributed by atoms with E-state index in [0.29, 0.717) is 24.7 Å². The minimum Gasteiger partial charge on any atom is -0.388 e. The molecule has 4 heteroatoms. The van der Waals surface area contributed by atoms with E-state index in [-0.39, 0.29) is 23.0 Å². The smallest absolute Gasteiger partial charge is 0.190 e. The van der Waals surface area contributed by atoms with E-state index in [4.69, 9.17) is 0 Å². The fraction of sp³-hybridized carbons (Fsp3) is 0.905. The molecule has 0 aromatic rings. The molecule has 2 N–H and O–H groups in total. The lowest BCUT2D eigenvalue weighted by molar-refractivity contribution is -0.177. The fourth-order valence-corrected chi connectivity index (χ4v) is 7.70. The molecule has 0 spiro atoms. The van der Waals surface area contributed by atoms with Crippen molar-refractivity contribution in [1.29, 1.82) is 0 Å². The van der Waals surface area contributed by atoms with Crippen molar-refractivity contribution in [2.24, 2.45) is 34.5 Å². The van der Waals surface area contributed by atoms with Gasteiger partial charge in [0.25, 0.3) is 0 Å². The Kier molecular flexibility index (Phi) is 3.98. The third-order valence-electron chi connectivity index (χ3n) is 9.03.